The zero-order valence-electron chi connectivity index (χ0n) is 11.8. The van der Waals surface area contributed by atoms with Crippen LogP contribution in [-0.2, 0) is 6.42 Å². The molecule has 3 nitrogen and oxygen atoms in total. The van der Waals surface area contributed by atoms with Crippen LogP contribution in [0.5, 0.6) is 0 Å². The lowest BCUT2D eigenvalue weighted by Crippen LogP contribution is -1.82. The lowest BCUT2D eigenvalue weighted by atomic mass is 10.1. The van der Waals surface area contributed by atoms with Crippen LogP contribution in [0.1, 0.15) is 37.5 Å². The molecule has 0 N–H and O–H groups in total. The molecule has 0 aromatic carbocycles. The Morgan fingerprint density at radius 3 is 2.95 bits per heavy atom. The van der Waals surface area contributed by atoms with E-state index in [4.69, 9.17) is 0 Å². The van der Waals surface area contributed by atoms with E-state index in [1.165, 1.54) is 53.4 Å². The van der Waals surface area contributed by atoms with Crippen molar-refractivity contribution in [1.29, 1.82) is 0 Å². The second kappa shape index (κ2) is 6.94. The van der Waals surface area contributed by atoms with Crippen LogP contribution in [0.4, 0.5) is 0 Å². The van der Waals surface area contributed by atoms with Gasteiger partial charge in [-0.05, 0) is 52.4 Å². The minimum atomic E-state index is 0.770. The maximum Gasteiger partial charge on any atom is 0.139 e. The van der Waals surface area contributed by atoms with Gasteiger partial charge in [0.15, 0.2) is 0 Å². The fraction of sp³-hybridized carbons (Fsp3) is 0.400. The SMILES string of the molecule is CCCCCCc1ccc(-c2cnc(Br)c3nnsc23)s1. The molecule has 0 bridgehead atoms. The number of pyridine rings is 1. The Kier molecular flexibility index (Phi) is 4.98. The molecule has 0 radical (unpaired) electrons. The summed E-state index contributed by atoms with van der Waals surface area (Å²) >= 11 is 6.73. The number of thiophene rings is 1. The standard InChI is InChI=1S/C15H16BrN3S2/c1-2-3-4-5-6-10-7-8-12(20-10)11-9-17-15(16)13-14(11)21-19-18-13/h7-9H,2-6H2,1H3. The van der Waals surface area contributed by atoms with Gasteiger partial charge >= 0.3 is 0 Å². The molecule has 0 saturated heterocycles. The van der Waals surface area contributed by atoms with Crippen LogP contribution in [0.15, 0.2) is 22.9 Å². The summed E-state index contributed by atoms with van der Waals surface area (Å²) in [5, 5.41) is 4.15. The second-order valence-corrected chi connectivity index (χ2v) is 7.66. The number of aromatic nitrogens is 3. The van der Waals surface area contributed by atoms with Gasteiger partial charge in [0, 0.05) is 21.5 Å². The molecule has 0 atom stereocenters. The van der Waals surface area contributed by atoms with Crippen molar-refractivity contribution < 1.29 is 0 Å². The van der Waals surface area contributed by atoms with Crippen LogP contribution in [0.2, 0.25) is 0 Å². The van der Waals surface area contributed by atoms with Crippen molar-refractivity contribution in [1.82, 2.24) is 14.6 Å². The van der Waals surface area contributed by atoms with Crippen LogP contribution in [0, 0.1) is 0 Å². The number of aryl methyl sites for hydroxylation is 1. The number of unbranched alkanes of at least 4 members (excludes halogenated alkanes) is 3. The third kappa shape index (κ3) is 3.33. The molecular formula is C15H16BrN3S2. The van der Waals surface area contributed by atoms with Gasteiger partial charge < -0.3 is 0 Å². The summed E-state index contributed by atoms with van der Waals surface area (Å²) in [4.78, 5) is 7.09. The van der Waals surface area contributed by atoms with Crippen molar-refractivity contribution in [3.63, 3.8) is 0 Å². The molecule has 0 amide bonds. The van der Waals surface area contributed by atoms with Crippen molar-refractivity contribution >= 4 is 49.0 Å². The summed E-state index contributed by atoms with van der Waals surface area (Å²) in [6.45, 7) is 2.25. The van der Waals surface area contributed by atoms with Crippen LogP contribution in [0.25, 0.3) is 20.7 Å². The van der Waals surface area contributed by atoms with Crippen LogP contribution < -0.4 is 0 Å². The number of hydrogen-bond acceptors (Lipinski definition) is 5. The summed E-state index contributed by atoms with van der Waals surface area (Å²) in [7, 11) is 0. The van der Waals surface area contributed by atoms with E-state index in [9.17, 15) is 0 Å². The van der Waals surface area contributed by atoms with E-state index in [0.717, 1.165) is 20.4 Å². The van der Waals surface area contributed by atoms with Gasteiger partial charge in [0.1, 0.15) is 10.1 Å². The Labute approximate surface area is 140 Å². The zero-order chi connectivity index (χ0) is 14.7. The van der Waals surface area contributed by atoms with Crippen molar-refractivity contribution in [2.75, 3.05) is 0 Å². The molecule has 6 heteroatoms. The Morgan fingerprint density at radius 1 is 1.19 bits per heavy atom. The van der Waals surface area contributed by atoms with Gasteiger partial charge in [-0.25, -0.2) is 4.98 Å². The van der Waals surface area contributed by atoms with Gasteiger partial charge in [0.25, 0.3) is 0 Å². The first-order valence-corrected chi connectivity index (χ1v) is 9.53. The highest BCUT2D eigenvalue weighted by Crippen LogP contribution is 2.36. The molecule has 0 aliphatic heterocycles. The molecule has 3 heterocycles. The minimum Gasteiger partial charge on any atom is -0.246 e. The third-order valence-corrected chi connectivity index (χ3v) is 5.96. The first-order chi connectivity index (χ1) is 10.3. The highest BCUT2D eigenvalue weighted by Gasteiger charge is 2.13. The van der Waals surface area contributed by atoms with E-state index < -0.39 is 0 Å². The molecule has 21 heavy (non-hydrogen) atoms. The van der Waals surface area contributed by atoms with Crippen molar-refractivity contribution in [2.24, 2.45) is 0 Å². The smallest absolute Gasteiger partial charge is 0.139 e. The molecule has 3 rings (SSSR count). The highest BCUT2D eigenvalue weighted by molar-refractivity contribution is 9.10. The first kappa shape index (κ1) is 15.1. The summed E-state index contributed by atoms with van der Waals surface area (Å²) in [5.41, 5.74) is 2.00. The summed E-state index contributed by atoms with van der Waals surface area (Å²) in [5.74, 6) is 0. The molecule has 3 aromatic rings. The third-order valence-electron chi connectivity index (χ3n) is 3.44. The van der Waals surface area contributed by atoms with Crippen LogP contribution >= 0.6 is 38.8 Å². The summed E-state index contributed by atoms with van der Waals surface area (Å²) in [6.07, 6.45) is 8.33. The number of fused-ring (bicyclic) bond motifs is 1. The molecule has 3 aromatic heterocycles. The molecule has 0 aliphatic rings. The van der Waals surface area contributed by atoms with Crippen molar-refractivity contribution in [3.05, 3.63) is 27.8 Å². The van der Waals surface area contributed by atoms with Gasteiger partial charge in [-0.15, -0.1) is 16.4 Å². The molecule has 0 spiro atoms. The molecule has 0 aliphatic carbocycles. The van der Waals surface area contributed by atoms with Gasteiger partial charge in [0.2, 0.25) is 0 Å². The quantitative estimate of drug-likeness (QED) is 0.405. The number of halogens is 1. The maximum absolute atomic E-state index is 4.38. The lowest BCUT2D eigenvalue weighted by Gasteiger charge is -1.99. The molecule has 0 fully saturated rings. The normalized spacial score (nSPS) is 11.3. The van der Waals surface area contributed by atoms with E-state index in [1.807, 2.05) is 17.5 Å². The second-order valence-electron chi connectivity index (χ2n) is 4.99. The molecule has 110 valence electrons. The van der Waals surface area contributed by atoms with E-state index >= 15 is 0 Å². The Morgan fingerprint density at radius 2 is 2.10 bits per heavy atom. The highest BCUT2D eigenvalue weighted by atomic mass is 79.9. The topological polar surface area (TPSA) is 38.7 Å². The molecular weight excluding hydrogens is 366 g/mol. The number of nitrogens with zero attached hydrogens (tertiary/aromatic N) is 3. The largest absolute Gasteiger partial charge is 0.246 e. The van der Waals surface area contributed by atoms with Crippen molar-refractivity contribution in [3.8, 4) is 10.4 Å². The average Bonchev–Trinajstić information content (AvgIpc) is 3.14. The van der Waals surface area contributed by atoms with Gasteiger partial charge in [-0.2, -0.15) is 0 Å². The number of hydrogen-bond donors (Lipinski definition) is 0. The minimum absolute atomic E-state index is 0.770. The fourth-order valence-electron chi connectivity index (χ4n) is 2.30. The van der Waals surface area contributed by atoms with Crippen molar-refractivity contribution in [2.45, 2.75) is 39.0 Å². The molecule has 0 unspecified atom stereocenters. The molecule has 0 saturated carbocycles. The Balaban J connectivity index is 1.82. The van der Waals surface area contributed by atoms with E-state index in [0.29, 0.717) is 0 Å². The number of rotatable bonds is 6. The van der Waals surface area contributed by atoms with E-state index in [1.54, 1.807) is 0 Å². The fourth-order valence-corrected chi connectivity index (χ4v) is 4.63. The van der Waals surface area contributed by atoms with Crippen LogP contribution in [0.3, 0.4) is 0 Å². The Bertz CT molecular complexity index is 735. The summed E-state index contributed by atoms with van der Waals surface area (Å²) < 4.78 is 5.93. The lowest BCUT2D eigenvalue weighted by molar-refractivity contribution is 0.670. The first-order valence-electron chi connectivity index (χ1n) is 7.15. The average molecular weight is 382 g/mol. The summed E-state index contributed by atoms with van der Waals surface area (Å²) in [6, 6.07) is 4.44. The zero-order valence-corrected chi connectivity index (χ0v) is 15.0. The van der Waals surface area contributed by atoms with Gasteiger partial charge in [-0.3, -0.25) is 0 Å². The maximum atomic E-state index is 4.38. The van der Waals surface area contributed by atoms with Gasteiger partial charge in [-0.1, -0.05) is 30.7 Å². The predicted molar refractivity (Wildman–Crippen MR) is 94.1 cm³/mol. The van der Waals surface area contributed by atoms with E-state index in [-0.39, 0.29) is 0 Å². The van der Waals surface area contributed by atoms with Crippen LogP contribution in [-0.4, -0.2) is 14.6 Å². The van der Waals surface area contributed by atoms with E-state index in [2.05, 4.69) is 49.6 Å². The van der Waals surface area contributed by atoms with Gasteiger partial charge in [0.05, 0.1) is 4.70 Å². The Hall–Kier alpha value is -0.850. The predicted octanol–water partition coefficient (Wildman–Crippen LogP) is 5.70. The monoisotopic (exact) mass is 381 g/mol.